The van der Waals surface area contributed by atoms with Crippen molar-refractivity contribution in [1.82, 2.24) is 15.0 Å². The van der Waals surface area contributed by atoms with Gasteiger partial charge in [-0.1, -0.05) is 0 Å². The molecule has 0 fully saturated rings. The second-order valence-electron chi connectivity index (χ2n) is 7.68. The Labute approximate surface area is 194 Å². The predicted molar refractivity (Wildman–Crippen MR) is 102 cm³/mol. The maximum Gasteiger partial charge on any atom is 0.573 e. The van der Waals surface area contributed by atoms with E-state index in [1.165, 1.54) is 0 Å². The molecule has 0 spiro atoms. The summed E-state index contributed by atoms with van der Waals surface area (Å²) in [6.45, 7) is 0.304. The van der Waals surface area contributed by atoms with Gasteiger partial charge in [0.15, 0.2) is 0 Å². The lowest BCUT2D eigenvalue weighted by molar-refractivity contribution is -0.274. The van der Waals surface area contributed by atoms with Crippen molar-refractivity contribution in [3.63, 3.8) is 0 Å². The number of fused-ring (bicyclic) bond motifs is 1. The minimum atomic E-state index is -5.25. The van der Waals surface area contributed by atoms with Crippen molar-refractivity contribution in [2.45, 2.75) is 37.6 Å². The smallest absolute Gasteiger partial charge is 0.406 e. The van der Waals surface area contributed by atoms with Crippen molar-refractivity contribution < 1.29 is 49.0 Å². The third kappa shape index (κ3) is 5.44. The van der Waals surface area contributed by atoms with E-state index in [2.05, 4.69) is 14.9 Å². The molecule has 0 aliphatic carbocycles. The van der Waals surface area contributed by atoms with Crippen molar-refractivity contribution in [3.8, 4) is 11.8 Å². The van der Waals surface area contributed by atoms with Crippen LogP contribution in [0.5, 0.6) is 5.75 Å². The summed E-state index contributed by atoms with van der Waals surface area (Å²) in [5.41, 5.74) is -2.74. The van der Waals surface area contributed by atoms with Gasteiger partial charge in [0.1, 0.15) is 22.2 Å². The van der Waals surface area contributed by atoms with Gasteiger partial charge in [-0.25, -0.2) is 0 Å². The number of nitrogens with two attached hydrogens (primary N) is 1. The van der Waals surface area contributed by atoms with Gasteiger partial charge in [0.05, 0.1) is 23.7 Å². The molecule has 0 saturated heterocycles. The minimum Gasteiger partial charge on any atom is -0.406 e. The van der Waals surface area contributed by atoms with Gasteiger partial charge in [0.25, 0.3) is 0 Å². The Kier molecular flexibility index (Phi) is 6.33. The number of ether oxygens (including phenoxy) is 1. The third-order valence-electron chi connectivity index (χ3n) is 4.95. The molecule has 0 saturated carbocycles. The number of rotatable bonds is 5. The molecular weight excluding hydrogens is 513 g/mol. The third-order valence-corrected chi connectivity index (χ3v) is 4.95. The maximum absolute atomic E-state index is 13.4. The highest BCUT2D eigenvalue weighted by atomic mass is 19.4. The molecule has 192 valence electrons. The summed E-state index contributed by atoms with van der Waals surface area (Å²) in [4.78, 5) is 12.3. The van der Waals surface area contributed by atoms with Crippen LogP contribution in [0.15, 0.2) is 30.3 Å². The molecule has 1 atom stereocenters. The average Bonchev–Trinajstić information content (AvgIpc) is 3.12. The molecule has 3 aromatic rings. The first kappa shape index (κ1) is 26.6. The van der Waals surface area contributed by atoms with E-state index >= 15 is 0 Å². The molecule has 2 N–H and O–H groups in total. The van der Waals surface area contributed by atoms with Crippen molar-refractivity contribution in [1.29, 1.82) is 5.26 Å². The molecule has 7 nitrogen and oxygen atoms in total. The Balaban J connectivity index is 2.17. The predicted octanol–water partition coefficient (Wildman–Crippen LogP) is 4.95. The summed E-state index contributed by atoms with van der Waals surface area (Å²) in [6.07, 6.45) is -15.5. The zero-order valence-electron chi connectivity index (χ0n) is 17.7. The van der Waals surface area contributed by atoms with Gasteiger partial charge in [-0.05, 0) is 42.8 Å². The number of amides is 1. The number of aromatic nitrogens is 3. The number of alkyl halides is 9. The van der Waals surface area contributed by atoms with Gasteiger partial charge >= 0.3 is 18.7 Å². The van der Waals surface area contributed by atoms with E-state index in [0.29, 0.717) is 16.9 Å². The molecule has 1 heterocycles. The van der Waals surface area contributed by atoms with E-state index in [1.807, 2.05) is 0 Å². The first-order valence-electron chi connectivity index (χ1n) is 9.49. The highest BCUT2D eigenvalue weighted by molar-refractivity contribution is 5.95. The molecule has 1 amide bonds. The van der Waals surface area contributed by atoms with Crippen molar-refractivity contribution in [2.75, 3.05) is 0 Å². The summed E-state index contributed by atoms with van der Waals surface area (Å²) in [7, 11) is 0. The largest absolute Gasteiger partial charge is 0.573 e. The van der Waals surface area contributed by atoms with Gasteiger partial charge in [-0.15, -0.1) is 13.2 Å². The fourth-order valence-electron chi connectivity index (χ4n) is 3.37. The SMILES string of the molecule is CC(C#N)(Cn1nc2cc(C(F)(F)F)cc(C(F)(F)F)c2n1)c1cc(OC(F)(F)F)ccc1C(N)=O. The molecule has 0 aliphatic rings. The molecular formula is C20H12F9N5O2. The van der Waals surface area contributed by atoms with Crippen molar-refractivity contribution in [2.24, 2.45) is 5.73 Å². The van der Waals surface area contributed by atoms with Crippen LogP contribution >= 0.6 is 0 Å². The highest BCUT2D eigenvalue weighted by Gasteiger charge is 2.40. The van der Waals surface area contributed by atoms with E-state index in [4.69, 9.17) is 5.73 Å². The molecule has 16 heteroatoms. The zero-order chi connectivity index (χ0) is 27.3. The second kappa shape index (κ2) is 8.57. The Morgan fingerprint density at radius 2 is 1.64 bits per heavy atom. The van der Waals surface area contributed by atoms with E-state index in [9.17, 15) is 49.6 Å². The topological polar surface area (TPSA) is 107 Å². The van der Waals surface area contributed by atoms with Gasteiger partial charge in [-0.2, -0.15) is 46.6 Å². The van der Waals surface area contributed by atoms with E-state index in [0.717, 1.165) is 19.1 Å². The van der Waals surface area contributed by atoms with Crippen LogP contribution in [-0.2, 0) is 24.3 Å². The number of carbonyl (C=O) groups is 1. The number of benzene rings is 2. The van der Waals surface area contributed by atoms with Crippen LogP contribution in [0.1, 0.15) is 34.0 Å². The summed E-state index contributed by atoms with van der Waals surface area (Å²) in [6, 6.07) is 4.17. The van der Waals surface area contributed by atoms with Crippen LogP contribution in [0.2, 0.25) is 0 Å². The first-order valence-corrected chi connectivity index (χ1v) is 9.49. The monoisotopic (exact) mass is 525 g/mol. The van der Waals surface area contributed by atoms with E-state index in [-0.39, 0.29) is 6.07 Å². The lowest BCUT2D eigenvalue weighted by atomic mass is 9.81. The molecule has 36 heavy (non-hydrogen) atoms. The minimum absolute atomic E-state index is 0.145. The fourth-order valence-corrected chi connectivity index (χ4v) is 3.37. The van der Waals surface area contributed by atoms with Crippen LogP contribution in [0.4, 0.5) is 39.5 Å². The number of nitriles is 1. The normalized spacial score (nSPS) is 14.4. The fraction of sp³-hybridized carbons (Fsp3) is 0.300. The van der Waals surface area contributed by atoms with Gasteiger partial charge in [-0.3, -0.25) is 4.79 Å². The summed E-state index contributed by atoms with van der Waals surface area (Å²) in [5.74, 6) is -1.99. The van der Waals surface area contributed by atoms with Crippen LogP contribution in [0.3, 0.4) is 0 Å². The lowest BCUT2D eigenvalue weighted by Gasteiger charge is -2.24. The van der Waals surface area contributed by atoms with Crippen LogP contribution in [-0.4, -0.2) is 27.3 Å². The summed E-state index contributed by atoms with van der Waals surface area (Å²) in [5, 5.41) is 16.9. The second-order valence-corrected chi connectivity index (χ2v) is 7.68. The Bertz CT molecular complexity index is 1370. The number of hydrogen-bond donors (Lipinski definition) is 1. The molecule has 0 bridgehead atoms. The Morgan fingerprint density at radius 3 is 2.14 bits per heavy atom. The van der Waals surface area contributed by atoms with Crippen LogP contribution in [0.25, 0.3) is 11.0 Å². The molecule has 1 unspecified atom stereocenters. The molecule has 0 radical (unpaired) electrons. The van der Waals surface area contributed by atoms with Crippen molar-refractivity contribution in [3.05, 3.63) is 52.6 Å². The Hall–Kier alpha value is -4.03. The molecule has 2 aromatic carbocycles. The number of carbonyl (C=O) groups excluding carboxylic acids is 1. The molecule has 1 aromatic heterocycles. The summed E-state index contributed by atoms with van der Waals surface area (Å²) >= 11 is 0. The molecule has 3 rings (SSSR count). The number of hydrogen-bond acceptors (Lipinski definition) is 5. The van der Waals surface area contributed by atoms with E-state index in [1.54, 1.807) is 6.07 Å². The number of nitrogens with zero attached hydrogens (tertiary/aromatic N) is 4. The van der Waals surface area contributed by atoms with Crippen molar-refractivity contribution >= 4 is 16.9 Å². The standard InChI is InChI=1S/C20H12F9N5O2/c1-17(7-30,12-6-10(36-20(27,28)29)2-3-11(12)16(31)35)8-34-32-14-5-9(18(21,22)23)4-13(15(14)33-34)19(24,25)26/h2-6H,8H2,1H3,(H2,31,35). The van der Waals surface area contributed by atoms with Crippen LogP contribution in [0, 0.1) is 11.3 Å². The number of primary amides is 1. The van der Waals surface area contributed by atoms with Gasteiger partial charge < -0.3 is 10.5 Å². The quantitative estimate of drug-likeness (QED) is 0.475. The molecule has 0 aliphatic heterocycles. The first-order chi connectivity index (χ1) is 16.3. The average molecular weight is 525 g/mol. The Morgan fingerprint density at radius 1 is 1.00 bits per heavy atom. The van der Waals surface area contributed by atoms with Gasteiger partial charge in [0.2, 0.25) is 5.91 Å². The number of halogens is 9. The van der Waals surface area contributed by atoms with Crippen LogP contribution < -0.4 is 10.5 Å². The van der Waals surface area contributed by atoms with Gasteiger partial charge in [0, 0.05) is 5.56 Å². The highest BCUT2D eigenvalue weighted by Crippen LogP contribution is 2.39. The maximum atomic E-state index is 13.4. The lowest BCUT2D eigenvalue weighted by Crippen LogP contribution is -2.31. The van der Waals surface area contributed by atoms with E-state index < -0.39 is 75.6 Å². The zero-order valence-corrected chi connectivity index (χ0v) is 17.7. The summed E-state index contributed by atoms with van der Waals surface area (Å²) < 4.78 is 121.